The van der Waals surface area contributed by atoms with Crippen molar-refractivity contribution in [1.82, 2.24) is 10.2 Å². The molecule has 0 aromatic heterocycles. The van der Waals surface area contributed by atoms with Crippen molar-refractivity contribution in [1.29, 1.82) is 0 Å². The van der Waals surface area contributed by atoms with Gasteiger partial charge in [0.05, 0.1) is 0 Å². The van der Waals surface area contributed by atoms with Gasteiger partial charge in [0.2, 0.25) is 5.91 Å². The van der Waals surface area contributed by atoms with Gasteiger partial charge in [-0.05, 0) is 18.3 Å². The van der Waals surface area contributed by atoms with E-state index in [0.29, 0.717) is 11.8 Å². The van der Waals surface area contributed by atoms with Crippen LogP contribution in [0, 0.1) is 11.3 Å². The minimum Gasteiger partial charge on any atom is -0.341 e. The zero-order valence-corrected chi connectivity index (χ0v) is 9.18. The highest BCUT2D eigenvalue weighted by atomic mass is 16.2. The van der Waals surface area contributed by atoms with Gasteiger partial charge < -0.3 is 10.2 Å². The third kappa shape index (κ3) is 2.27. The Morgan fingerprint density at radius 1 is 1.43 bits per heavy atom. The van der Waals surface area contributed by atoms with E-state index >= 15 is 0 Å². The molecule has 0 aromatic carbocycles. The molecule has 0 unspecified atom stereocenters. The molecule has 14 heavy (non-hydrogen) atoms. The van der Waals surface area contributed by atoms with Crippen molar-refractivity contribution >= 4 is 5.91 Å². The van der Waals surface area contributed by atoms with Crippen LogP contribution in [0.25, 0.3) is 0 Å². The van der Waals surface area contributed by atoms with E-state index in [9.17, 15) is 4.79 Å². The second kappa shape index (κ2) is 3.54. The molecule has 3 nitrogen and oxygen atoms in total. The normalized spacial score (nSPS) is 27.1. The first-order chi connectivity index (χ1) is 6.58. The fourth-order valence-corrected chi connectivity index (χ4v) is 2.07. The lowest BCUT2D eigenvalue weighted by atomic mass is 9.93. The Bertz CT molecular complexity index is 233. The third-order valence-corrected chi connectivity index (χ3v) is 3.02. The number of carbonyl (C=O) groups excluding carboxylic acids is 1. The van der Waals surface area contributed by atoms with Crippen LogP contribution in [0.3, 0.4) is 0 Å². The van der Waals surface area contributed by atoms with Gasteiger partial charge in [0, 0.05) is 32.1 Å². The van der Waals surface area contributed by atoms with Crippen LogP contribution < -0.4 is 5.32 Å². The Kier molecular flexibility index (Phi) is 2.52. The summed E-state index contributed by atoms with van der Waals surface area (Å²) < 4.78 is 0. The summed E-state index contributed by atoms with van der Waals surface area (Å²) in [7, 11) is 0. The molecule has 1 saturated heterocycles. The molecule has 0 atom stereocenters. The van der Waals surface area contributed by atoms with Crippen molar-refractivity contribution < 1.29 is 4.79 Å². The first-order valence-electron chi connectivity index (χ1n) is 5.58. The molecule has 1 aliphatic carbocycles. The molecule has 0 bridgehead atoms. The molecule has 2 aliphatic rings. The Balaban J connectivity index is 1.99. The van der Waals surface area contributed by atoms with E-state index in [1.54, 1.807) is 0 Å². The van der Waals surface area contributed by atoms with E-state index < -0.39 is 0 Å². The van der Waals surface area contributed by atoms with E-state index in [1.165, 1.54) is 0 Å². The van der Waals surface area contributed by atoms with Crippen molar-refractivity contribution in [3.8, 4) is 0 Å². The van der Waals surface area contributed by atoms with E-state index in [-0.39, 0.29) is 5.41 Å². The van der Waals surface area contributed by atoms with E-state index in [2.05, 4.69) is 24.1 Å². The summed E-state index contributed by atoms with van der Waals surface area (Å²) in [6.45, 7) is 8.20. The summed E-state index contributed by atoms with van der Waals surface area (Å²) >= 11 is 0. The van der Waals surface area contributed by atoms with E-state index in [4.69, 9.17) is 0 Å². The Hall–Kier alpha value is -0.570. The van der Waals surface area contributed by atoms with Gasteiger partial charge in [-0.3, -0.25) is 4.79 Å². The predicted molar refractivity (Wildman–Crippen MR) is 56.0 cm³/mol. The number of rotatable bonds is 1. The van der Waals surface area contributed by atoms with Gasteiger partial charge in [0.1, 0.15) is 0 Å². The van der Waals surface area contributed by atoms with Gasteiger partial charge in [-0.15, -0.1) is 0 Å². The molecule has 0 spiro atoms. The molecule has 2 rings (SSSR count). The predicted octanol–water partition coefficient (Wildman–Crippen LogP) is 0.854. The number of hydrogen-bond acceptors (Lipinski definition) is 2. The first-order valence-corrected chi connectivity index (χ1v) is 5.58. The molecule has 80 valence electrons. The fourth-order valence-electron chi connectivity index (χ4n) is 2.07. The Labute approximate surface area is 85.8 Å². The van der Waals surface area contributed by atoms with Gasteiger partial charge in [-0.1, -0.05) is 13.8 Å². The maximum Gasteiger partial charge on any atom is 0.225 e. The van der Waals surface area contributed by atoms with Crippen LogP contribution in [-0.4, -0.2) is 37.0 Å². The van der Waals surface area contributed by atoms with Crippen LogP contribution in [0.2, 0.25) is 0 Å². The lowest BCUT2D eigenvalue weighted by molar-refractivity contribution is -0.133. The number of amides is 1. The van der Waals surface area contributed by atoms with Crippen LogP contribution in [0.5, 0.6) is 0 Å². The standard InChI is InChI=1S/C11H20N2O/c1-11(2)7-12-5-6-13(8-11)10(14)9-3-4-9/h9,12H,3-8H2,1-2H3. The van der Waals surface area contributed by atoms with Gasteiger partial charge >= 0.3 is 0 Å². The smallest absolute Gasteiger partial charge is 0.225 e. The van der Waals surface area contributed by atoms with Crippen LogP contribution in [0.1, 0.15) is 26.7 Å². The second-order valence-corrected chi connectivity index (χ2v) is 5.38. The summed E-state index contributed by atoms with van der Waals surface area (Å²) in [6, 6.07) is 0. The third-order valence-electron chi connectivity index (χ3n) is 3.02. The molecule has 0 radical (unpaired) electrons. The number of nitrogens with zero attached hydrogens (tertiary/aromatic N) is 1. The van der Waals surface area contributed by atoms with Crippen molar-refractivity contribution in [3.05, 3.63) is 0 Å². The Morgan fingerprint density at radius 2 is 2.14 bits per heavy atom. The van der Waals surface area contributed by atoms with Gasteiger partial charge in [-0.2, -0.15) is 0 Å². The highest BCUT2D eigenvalue weighted by molar-refractivity contribution is 5.81. The molecule has 1 aliphatic heterocycles. The minimum atomic E-state index is 0.223. The van der Waals surface area contributed by atoms with Crippen LogP contribution in [0.4, 0.5) is 0 Å². The second-order valence-electron chi connectivity index (χ2n) is 5.38. The average Bonchev–Trinajstić information content (AvgIpc) is 2.89. The fraction of sp³-hybridized carbons (Fsp3) is 0.909. The van der Waals surface area contributed by atoms with Crippen molar-refractivity contribution in [3.63, 3.8) is 0 Å². The van der Waals surface area contributed by atoms with Crippen molar-refractivity contribution in [2.24, 2.45) is 11.3 Å². The minimum absolute atomic E-state index is 0.223. The molecule has 1 saturated carbocycles. The molecule has 3 heteroatoms. The first kappa shape index (κ1) is 9.97. The number of nitrogens with one attached hydrogen (secondary N) is 1. The summed E-state index contributed by atoms with van der Waals surface area (Å²) in [5.41, 5.74) is 0.223. The maximum absolute atomic E-state index is 11.9. The van der Waals surface area contributed by atoms with Crippen LogP contribution in [0.15, 0.2) is 0 Å². The quantitative estimate of drug-likeness (QED) is 0.674. The van der Waals surface area contributed by atoms with Gasteiger partial charge in [0.25, 0.3) is 0 Å². The summed E-state index contributed by atoms with van der Waals surface area (Å²) in [4.78, 5) is 14.0. The van der Waals surface area contributed by atoms with Crippen molar-refractivity contribution in [2.75, 3.05) is 26.2 Å². The molecular formula is C11H20N2O. The zero-order valence-electron chi connectivity index (χ0n) is 9.18. The molecular weight excluding hydrogens is 176 g/mol. The summed E-state index contributed by atoms with van der Waals surface area (Å²) in [6.07, 6.45) is 2.23. The number of carbonyl (C=O) groups is 1. The highest BCUT2D eigenvalue weighted by Crippen LogP contribution is 2.32. The average molecular weight is 196 g/mol. The zero-order chi connectivity index (χ0) is 10.2. The lowest BCUT2D eigenvalue weighted by Crippen LogP contribution is -2.39. The van der Waals surface area contributed by atoms with E-state index in [1.807, 2.05) is 0 Å². The molecule has 0 aromatic rings. The highest BCUT2D eigenvalue weighted by Gasteiger charge is 2.36. The van der Waals surface area contributed by atoms with Crippen molar-refractivity contribution in [2.45, 2.75) is 26.7 Å². The topological polar surface area (TPSA) is 32.3 Å². The molecule has 1 N–H and O–H groups in total. The van der Waals surface area contributed by atoms with Gasteiger partial charge in [-0.25, -0.2) is 0 Å². The number of hydrogen-bond donors (Lipinski definition) is 1. The molecule has 1 heterocycles. The lowest BCUT2D eigenvalue weighted by Gasteiger charge is -2.29. The largest absolute Gasteiger partial charge is 0.341 e. The SMILES string of the molecule is CC1(C)CNCCN(C(=O)C2CC2)C1. The Morgan fingerprint density at radius 3 is 2.79 bits per heavy atom. The van der Waals surface area contributed by atoms with Crippen LogP contribution >= 0.6 is 0 Å². The van der Waals surface area contributed by atoms with E-state index in [0.717, 1.165) is 39.0 Å². The maximum atomic E-state index is 11.9. The monoisotopic (exact) mass is 196 g/mol. The molecule has 1 amide bonds. The van der Waals surface area contributed by atoms with Crippen LogP contribution in [-0.2, 0) is 4.79 Å². The van der Waals surface area contributed by atoms with Gasteiger partial charge in [0.15, 0.2) is 0 Å². The molecule has 2 fully saturated rings. The summed E-state index contributed by atoms with van der Waals surface area (Å²) in [5, 5.41) is 3.39. The summed E-state index contributed by atoms with van der Waals surface area (Å²) in [5.74, 6) is 0.755.